The maximum absolute atomic E-state index is 12.4. The van der Waals surface area contributed by atoms with E-state index in [1.807, 2.05) is 32.5 Å². The zero-order valence-electron chi connectivity index (χ0n) is 12.4. The first kappa shape index (κ1) is 18.1. The molecule has 0 aliphatic rings. The molecule has 0 bridgehead atoms. The maximum atomic E-state index is 12.4. The normalized spacial score (nSPS) is 14.2. The zero-order valence-corrected chi connectivity index (χ0v) is 13.2. The number of rotatable bonds is 9. The number of amidine groups is 1. The fourth-order valence-corrected chi connectivity index (χ4v) is 2.79. The molecule has 112 valence electrons. The second-order valence-electron chi connectivity index (χ2n) is 4.63. The van der Waals surface area contributed by atoms with Crippen LogP contribution in [0.25, 0.3) is 0 Å². The first-order chi connectivity index (χ1) is 8.98. The lowest BCUT2D eigenvalue weighted by molar-refractivity contribution is -0.128. The van der Waals surface area contributed by atoms with Gasteiger partial charge in [0.15, 0.2) is 5.84 Å². The number of nitrogens with zero attached hydrogens (tertiary/aromatic N) is 1. The summed E-state index contributed by atoms with van der Waals surface area (Å²) in [7, 11) is 0. The van der Waals surface area contributed by atoms with Crippen LogP contribution in [0.4, 0.5) is 0 Å². The summed E-state index contributed by atoms with van der Waals surface area (Å²) >= 11 is 1.85. The molecule has 0 fully saturated rings. The molecule has 0 radical (unpaired) electrons. The fraction of sp³-hybridized carbons (Fsp3) is 0.846. The third-order valence-electron chi connectivity index (χ3n) is 3.52. The highest BCUT2D eigenvalue weighted by Crippen LogP contribution is 2.27. The Kier molecular flexibility index (Phi) is 8.63. The number of nitrogens with two attached hydrogens (primary N) is 1. The number of nitrogens with one attached hydrogen (secondary N) is 1. The molecule has 0 aromatic rings. The lowest BCUT2D eigenvalue weighted by Gasteiger charge is -2.30. The molecule has 1 unspecified atom stereocenters. The Morgan fingerprint density at radius 3 is 2.42 bits per heavy atom. The molecule has 0 spiro atoms. The van der Waals surface area contributed by atoms with Crippen molar-refractivity contribution in [2.75, 3.05) is 11.5 Å². The van der Waals surface area contributed by atoms with E-state index < -0.39 is 5.41 Å². The summed E-state index contributed by atoms with van der Waals surface area (Å²) in [6, 6.07) is 0.0931. The highest BCUT2D eigenvalue weighted by Gasteiger charge is 2.40. The van der Waals surface area contributed by atoms with Crippen LogP contribution in [0.3, 0.4) is 0 Å². The van der Waals surface area contributed by atoms with E-state index in [4.69, 9.17) is 10.9 Å². The van der Waals surface area contributed by atoms with Crippen LogP contribution in [-0.4, -0.2) is 34.5 Å². The molecule has 5 nitrogen and oxygen atoms in total. The number of hydrogen-bond donors (Lipinski definition) is 3. The molecule has 0 aliphatic heterocycles. The van der Waals surface area contributed by atoms with Crippen LogP contribution in [-0.2, 0) is 4.79 Å². The van der Waals surface area contributed by atoms with E-state index in [-0.39, 0.29) is 17.8 Å². The molecule has 19 heavy (non-hydrogen) atoms. The van der Waals surface area contributed by atoms with E-state index in [1.165, 1.54) is 0 Å². The third kappa shape index (κ3) is 4.93. The van der Waals surface area contributed by atoms with Crippen molar-refractivity contribution < 1.29 is 10.0 Å². The van der Waals surface area contributed by atoms with Crippen LogP contribution >= 0.6 is 11.8 Å². The topological polar surface area (TPSA) is 87.7 Å². The molecule has 6 heteroatoms. The van der Waals surface area contributed by atoms with E-state index in [2.05, 4.69) is 17.4 Å². The van der Waals surface area contributed by atoms with Crippen molar-refractivity contribution in [2.24, 2.45) is 16.3 Å². The maximum Gasteiger partial charge on any atom is 0.234 e. The first-order valence-electron chi connectivity index (χ1n) is 6.85. The quantitative estimate of drug-likeness (QED) is 0.200. The van der Waals surface area contributed by atoms with Gasteiger partial charge in [-0.3, -0.25) is 4.79 Å². The standard InChI is InChI=1S/C13H27N3O2S/c1-5-13(6-2,11(14)16-18)12(17)15-10(4)8-9-19-7-3/h10,18H,5-9H2,1-4H3,(H2,14,16)(H,15,17). The van der Waals surface area contributed by atoms with Crippen molar-refractivity contribution in [3.8, 4) is 0 Å². The van der Waals surface area contributed by atoms with Crippen LogP contribution < -0.4 is 11.1 Å². The van der Waals surface area contributed by atoms with Crippen molar-refractivity contribution in [2.45, 2.75) is 53.0 Å². The van der Waals surface area contributed by atoms with Gasteiger partial charge in [0.2, 0.25) is 5.91 Å². The molecule has 4 N–H and O–H groups in total. The number of thioether (sulfide) groups is 1. The molecule has 0 aliphatic carbocycles. The monoisotopic (exact) mass is 289 g/mol. The Morgan fingerprint density at radius 2 is 2.00 bits per heavy atom. The van der Waals surface area contributed by atoms with Gasteiger partial charge in [-0.1, -0.05) is 25.9 Å². The minimum atomic E-state index is -0.902. The van der Waals surface area contributed by atoms with E-state index in [1.54, 1.807) is 0 Å². The molecule has 0 saturated carbocycles. The second-order valence-corrected chi connectivity index (χ2v) is 6.03. The lowest BCUT2D eigenvalue weighted by Crippen LogP contribution is -2.51. The van der Waals surface area contributed by atoms with Gasteiger partial charge in [-0.15, -0.1) is 0 Å². The smallest absolute Gasteiger partial charge is 0.234 e. The van der Waals surface area contributed by atoms with Gasteiger partial charge in [0, 0.05) is 6.04 Å². The van der Waals surface area contributed by atoms with Crippen LogP contribution in [0.5, 0.6) is 0 Å². The Labute approximate surface area is 120 Å². The van der Waals surface area contributed by atoms with Crippen LogP contribution in [0.1, 0.15) is 47.0 Å². The second kappa shape index (κ2) is 9.07. The Morgan fingerprint density at radius 1 is 1.42 bits per heavy atom. The minimum absolute atomic E-state index is 0.00914. The Hall–Kier alpha value is -0.910. The fourth-order valence-electron chi connectivity index (χ4n) is 1.98. The summed E-state index contributed by atoms with van der Waals surface area (Å²) < 4.78 is 0. The highest BCUT2D eigenvalue weighted by molar-refractivity contribution is 7.99. The summed E-state index contributed by atoms with van der Waals surface area (Å²) in [4.78, 5) is 12.4. The molecule has 0 saturated heterocycles. The largest absolute Gasteiger partial charge is 0.409 e. The van der Waals surface area contributed by atoms with Gasteiger partial charge in [0.05, 0.1) is 0 Å². The number of oxime groups is 1. The number of carbonyl (C=O) groups excluding carboxylic acids is 1. The Balaban J connectivity index is 4.66. The predicted molar refractivity (Wildman–Crippen MR) is 81.6 cm³/mol. The van der Waals surface area contributed by atoms with Crippen molar-refractivity contribution in [1.29, 1.82) is 0 Å². The molecule has 0 aromatic carbocycles. The first-order valence-corrected chi connectivity index (χ1v) is 8.00. The number of carbonyl (C=O) groups is 1. The van der Waals surface area contributed by atoms with Gasteiger partial charge >= 0.3 is 0 Å². The van der Waals surface area contributed by atoms with Crippen molar-refractivity contribution in [1.82, 2.24) is 5.32 Å². The highest BCUT2D eigenvalue weighted by atomic mass is 32.2. The van der Waals surface area contributed by atoms with Crippen LogP contribution in [0.15, 0.2) is 5.16 Å². The van der Waals surface area contributed by atoms with Gasteiger partial charge < -0.3 is 16.3 Å². The van der Waals surface area contributed by atoms with E-state index in [0.29, 0.717) is 12.8 Å². The molecular weight excluding hydrogens is 262 g/mol. The Bertz CT molecular complexity index is 304. The van der Waals surface area contributed by atoms with Gasteiger partial charge in [-0.05, 0) is 37.7 Å². The average Bonchev–Trinajstić information content (AvgIpc) is 2.40. The summed E-state index contributed by atoms with van der Waals surface area (Å²) in [6.45, 7) is 7.85. The van der Waals surface area contributed by atoms with Gasteiger partial charge in [-0.2, -0.15) is 11.8 Å². The van der Waals surface area contributed by atoms with Crippen molar-refractivity contribution in [3.05, 3.63) is 0 Å². The van der Waals surface area contributed by atoms with Crippen molar-refractivity contribution >= 4 is 23.5 Å². The zero-order chi connectivity index (χ0) is 14.9. The molecule has 0 rings (SSSR count). The van der Waals surface area contributed by atoms with E-state index >= 15 is 0 Å². The van der Waals surface area contributed by atoms with E-state index in [0.717, 1.165) is 17.9 Å². The number of amides is 1. The predicted octanol–water partition coefficient (Wildman–Crippen LogP) is 2.19. The summed E-state index contributed by atoms with van der Waals surface area (Å²) in [5.41, 5.74) is 4.80. The van der Waals surface area contributed by atoms with Crippen LogP contribution in [0, 0.1) is 5.41 Å². The average molecular weight is 289 g/mol. The summed E-state index contributed by atoms with van der Waals surface area (Å²) in [5.74, 6) is 1.94. The molecule has 1 amide bonds. The van der Waals surface area contributed by atoms with Gasteiger partial charge in [0.1, 0.15) is 5.41 Å². The van der Waals surface area contributed by atoms with Gasteiger partial charge in [0.25, 0.3) is 0 Å². The van der Waals surface area contributed by atoms with Crippen LogP contribution in [0.2, 0.25) is 0 Å². The third-order valence-corrected chi connectivity index (χ3v) is 4.45. The summed E-state index contributed by atoms with van der Waals surface area (Å²) in [6.07, 6.45) is 1.95. The number of hydrogen-bond acceptors (Lipinski definition) is 4. The minimum Gasteiger partial charge on any atom is -0.409 e. The molecule has 0 aromatic heterocycles. The van der Waals surface area contributed by atoms with E-state index in [9.17, 15) is 4.79 Å². The molecule has 0 heterocycles. The lowest BCUT2D eigenvalue weighted by atomic mass is 9.80. The molecule has 1 atom stereocenters. The molecular formula is C13H27N3O2S. The SMILES string of the molecule is CCSCCC(C)NC(=O)C(CC)(CC)C(N)=NO. The summed E-state index contributed by atoms with van der Waals surface area (Å²) in [5, 5.41) is 14.9. The van der Waals surface area contributed by atoms with Crippen molar-refractivity contribution in [3.63, 3.8) is 0 Å². The van der Waals surface area contributed by atoms with Gasteiger partial charge in [-0.25, -0.2) is 0 Å².